The van der Waals surface area contributed by atoms with Crippen molar-refractivity contribution in [3.63, 3.8) is 0 Å². The zero-order valence-corrected chi connectivity index (χ0v) is 25.9. The second-order valence-corrected chi connectivity index (χ2v) is 12.4. The number of benzene rings is 2. The highest BCUT2D eigenvalue weighted by atomic mass is 32.1. The molecule has 2 aromatic carbocycles. The van der Waals surface area contributed by atoms with Gasteiger partial charge in [0.1, 0.15) is 22.9 Å². The van der Waals surface area contributed by atoms with Gasteiger partial charge in [-0.1, -0.05) is 18.2 Å². The van der Waals surface area contributed by atoms with Crippen LogP contribution in [0.3, 0.4) is 0 Å². The van der Waals surface area contributed by atoms with Gasteiger partial charge in [-0.05, 0) is 50.2 Å². The Labute approximate surface area is 261 Å². The number of nitrogens with one attached hydrogen (secondary N) is 1. The minimum absolute atomic E-state index is 0.0504. The number of carbonyl (C=O) groups is 1. The maximum atomic E-state index is 14.0. The molecule has 0 saturated carbocycles. The zero-order chi connectivity index (χ0) is 32.7. The monoisotopic (exact) mass is 635 g/mol. The third kappa shape index (κ3) is 6.45. The van der Waals surface area contributed by atoms with Crippen LogP contribution in [0.1, 0.15) is 34.9 Å². The quantitative estimate of drug-likeness (QED) is 0.167. The van der Waals surface area contributed by atoms with Gasteiger partial charge in [0.2, 0.25) is 0 Å². The minimum atomic E-state index is -4.64. The second kappa shape index (κ2) is 11.8. The van der Waals surface area contributed by atoms with E-state index in [0.29, 0.717) is 33.1 Å². The number of halogens is 3. The molecule has 0 fully saturated rings. The average molecular weight is 636 g/mol. The molecule has 0 bridgehead atoms. The topological polar surface area (TPSA) is 91.1 Å². The molecule has 14 heteroatoms. The molecule has 232 valence electrons. The lowest BCUT2D eigenvalue weighted by atomic mass is 10.2. The number of nitrogens with zero attached hydrogens (tertiary/aromatic N) is 7. The minimum Gasteiger partial charge on any atom is -0.328 e. The molecule has 10 nitrogen and oxygen atoms in total. The molecule has 0 aliphatic carbocycles. The fraction of sp³-hybridized carbons (Fsp3) is 0.258. The maximum Gasteiger partial charge on any atom is 0.416 e. The Morgan fingerprint density at radius 2 is 1.82 bits per heavy atom. The average Bonchev–Trinajstić information content (AvgIpc) is 3.69. The fourth-order valence-corrected chi connectivity index (χ4v) is 5.79. The van der Waals surface area contributed by atoms with Crippen molar-refractivity contribution >= 4 is 23.1 Å². The van der Waals surface area contributed by atoms with E-state index in [4.69, 9.17) is 6.57 Å². The number of rotatable bonds is 7. The van der Waals surface area contributed by atoms with Crippen molar-refractivity contribution in [3.05, 3.63) is 110 Å². The number of aromatic nitrogens is 5. The van der Waals surface area contributed by atoms with Gasteiger partial charge in [-0.3, -0.25) is 4.57 Å². The van der Waals surface area contributed by atoms with Crippen molar-refractivity contribution in [1.82, 2.24) is 29.2 Å². The van der Waals surface area contributed by atoms with E-state index in [9.17, 15) is 22.8 Å². The molecule has 1 atom stereocenters. The van der Waals surface area contributed by atoms with Crippen LogP contribution in [-0.2, 0) is 12.7 Å². The third-order valence-corrected chi connectivity index (χ3v) is 8.02. The number of amides is 1. The van der Waals surface area contributed by atoms with Crippen LogP contribution >= 0.6 is 11.3 Å². The first-order chi connectivity index (χ1) is 21.2. The highest BCUT2D eigenvalue weighted by Gasteiger charge is 2.32. The zero-order valence-electron chi connectivity index (χ0n) is 25.1. The van der Waals surface area contributed by atoms with Crippen LogP contribution in [0.2, 0.25) is 0 Å². The molecule has 0 saturated heterocycles. The number of imidazole rings is 1. The summed E-state index contributed by atoms with van der Waals surface area (Å²) in [5, 5.41) is 9.79. The Kier molecular flexibility index (Phi) is 8.26. The third-order valence-electron chi connectivity index (χ3n) is 6.94. The molecule has 3 aromatic heterocycles. The van der Waals surface area contributed by atoms with Crippen molar-refractivity contribution in [1.29, 1.82) is 0 Å². The molecule has 3 heterocycles. The predicted molar refractivity (Wildman–Crippen MR) is 165 cm³/mol. The number of quaternary nitrogens is 1. The number of alkyl halides is 3. The first kappa shape index (κ1) is 31.4. The van der Waals surface area contributed by atoms with E-state index in [1.54, 1.807) is 44.2 Å². The summed E-state index contributed by atoms with van der Waals surface area (Å²) in [6.07, 6.45) is -3.15. The van der Waals surface area contributed by atoms with Crippen molar-refractivity contribution in [3.8, 4) is 22.8 Å². The second-order valence-electron chi connectivity index (χ2n) is 11.5. The van der Waals surface area contributed by atoms with Crippen LogP contribution in [0, 0.1) is 13.5 Å². The van der Waals surface area contributed by atoms with E-state index >= 15 is 0 Å². The Hall–Kier alpha value is -5.00. The molecular weight excluding hydrogens is 605 g/mol. The van der Waals surface area contributed by atoms with Crippen LogP contribution < -0.4 is 11.0 Å². The number of carbonyl (C=O) groups excluding carboxylic acids is 1. The van der Waals surface area contributed by atoms with Gasteiger partial charge in [0.15, 0.2) is 5.69 Å². The van der Waals surface area contributed by atoms with Crippen LogP contribution in [-0.4, -0.2) is 55.6 Å². The smallest absolute Gasteiger partial charge is 0.328 e. The number of thiazole rings is 1. The number of hydrogen-bond donors (Lipinski definition) is 1. The number of hydrogen-bond acceptors (Lipinski definition) is 5. The van der Waals surface area contributed by atoms with E-state index in [0.717, 1.165) is 27.0 Å². The molecule has 1 amide bonds. The Morgan fingerprint density at radius 3 is 2.47 bits per heavy atom. The predicted octanol–water partition coefficient (Wildman–Crippen LogP) is 6.35. The molecule has 0 aliphatic heterocycles. The van der Waals surface area contributed by atoms with Crippen molar-refractivity contribution in [2.75, 3.05) is 21.1 Å². The molecule has 5 rings (SSSR count). The van der Waals surface area contributed by atoms with Gasteiger partial charge >= 0.3 is 17.9 Å². The van der Waals surface area contributed by atoms with E-state index in [1.807, 2.05) is 26.5 Å². The van der Waals surface area contributed by atoms with Crippen molar-refractivity contribution in [2.45, 2.75) is 32.6 Å². The van der Waals surface area contributed by atoms with Gasteiger partial charge in [-0.15, -0.1) is 11.3 Å². The molecule has 5 aromatic rings. The molecule has 1 unspecified atom stereocenters. The van der Waals surface area contributed by atoms with Gasteiger partial charge in [0.05, 0.1) is 68.3 Å². The van der Waals surface area contributed by atoms with Gasteiger partial charge in [0, 0.05) is 5.38 Å². The summed E-state index contributed by atoms with van der Waals surface area (Å²) >= 11 is 1.38. The van der Waals surface area contributed by atoms with Crippen LogP contribution in [0.4, 0.5) is 23.7 Å². The van der Waals surface area contributed by atoms with Crippen molar-refractivity contribution in [2.24, 2.45) is 0 Å². The lowest BCUT2D eigenvalue weighted by Gasteiger charge is -2.22. The van der Waals surface area contributed by atoms with Gasteiger partial charge < -0.3 is 9.80 Å². The lowest BCUT2D eigenvalue weighted by Crippen LogP contribution is -2.38. The maximum absolute atomic E-state index is 14.0. The van der Waals surface area contributed by atoms with E-state index in [-0.39, 0.29) is 17.1 Å². The summed E-state index contributed by atoms with van der Waals surface area (Å²) in [5.74, 6) is 0. The molecule has 0 radical (unpaired) electrons. The van der Waals surface area contributed by atoms with E-state index in [2.05, 4.69) is 20.2 Å². The summed E-state index contributed by atoms with van der Waals surface area (Å²) in [7, 11) is 6.12. The SMILES string of the molecule is [C-]#[N+]c1ccc(-n2nccc2-c2c(C)n(-c3cccc(C(F)(F)F)c3)c(=O)n2C(=O)NC(C)c2nc(C[N+](C)(C)C)cs2)cc1. The highest BCUT2D eigenvalue weighted by Crippen LogP contribution is 2.32. The molecular formula is C31H30F3N8O2S+. The van der Waals surface area contributed by atoms with Gasteiger partial charge in [-0.25, -0.2) is 28.7 Å². The van der Waals surface area contributed by atoms with Crippen molar-refractivity contribution < 1.29 is 22.4 Å². The van der Waals surface area contributed by atoms with Crippen LogP contribution in [0.5, 0.6) is 0 Å². The normalized spacial score (nSPS) is 12.6. The molecule has 1 N–H and O–H groups in total. The Morgan fingerprint density at radius 1 is 1.11 bits per heavy atom. The largest absolute Gasteiger partial charge is 0.416 e. The summed E-state index contributed by atoms with van der Waals surface area (Å²) in [6, 6.07) is 11.2. The van der Waals surface area contributed by atoms with E-state index in [1.165, 1.54) is 34.3 Å². The Balaban J connectivity index is 1.63. The van der Waals surface area contributed by atoms with Crippen LogP contribution in [0.25, 0.3) is 27.6 Å². The fourth-order valence-electron chi connectivity index (χ4n) is 4.97. The first-order valence-electron chi connectivity index (χ1n) is 13.8. The van der Waals surface area contributed by atoms with Crippen LogP contribution in [0.15, 0.2) is 71.0 Å². The summed E-state index contributed by atoms with van der Waals surface area (Å²) in [4.78, 5) is 36.0. The Bertz CT molecular complexity index is 1970. The summed E-state index contributed by atoms with van der Waals surface area (Å²) < 4.78 is 45.0. The first-order valence-corrected chi connectivity index (χ1v) is 14.7. The molecule has 0 spiro atoms. The standard InChI is InChI=1S/C31H29F3N8O2S/c1-19(28-38-23(18-45-28)17-42(4,5)6)37-29(43)40-27(26-14-15-36-41(26)24-12-10-22(35-3)11-13-24)20(2)39(30(40)44)25-9-7-8-21(16-25)31(32,33)34/h7-16,18-19H,17H2,1-2,4-6H3/p+1. The highest BCUT2D eigenvalue weighted by molar-refractivity contribution is 7.09. The summed E-state index contributed by atoms with van der Waals surface area (Å²) in [5.41, 5.74) is 0.689. The van der Waals surface area contributed by atoms with Gasteiger partial charge in [-0.2, -0.15) is 18.3 Å². The molecule has 45 heavy (non-hydrogen) atoms. The molecule has 0 aliphatic rings. The lowest BCUT2D eigenvalue weighted by molar-refractivity contribution is -0.884. The summed E-state index contributed by atoms with van der Waals surface area (Å²) in [6.45, 7) is 11.2. The van der Waals surface area contributed by atoms with E-state index < -0.39 is 29.5 Å². The van der Waals surface area contributed by atoms with Gasteiger partial charge in [0.25, 0.3) is 0 Å².